The van der Waals surface area contributed by atoms with Gasteiger partial charge in [0.05, 0.1) is 12.1 Å². The van der Waals surface area contributed by atoms with E-state index in [0.717, 1.165) is 6.42 Å². The van der Waals surface area contributed by atoms with Crippen LogP contribution in [0.1, 0.15) is 13.3 Å². The van der Waals surface area contributed by atoms with Gasteiger partial charge in [-0.2, -0.15) is 0 Å². The van der Waals surface area contributed by atoms with E-state index in [4.69, 9.17) is 16.3 Å². The SMILES string of the molecule is COc1ccc(NS(=O)(=O)c2cc(NC(=O)C3CC3C)ccc2Cl)cc1. The number of carbonyl (C=O) groups is 1. The number of anilines is 2. The molecule has 138 valence electrons. The predicted octanol–water partition coefficient (Wildman–Crippen LogP) is 3.74. The molecule has 26 heavy (non-hydrogen) atoms. The van der Waals surface area contributed by atoms with E-state index in [-0.39, 0.29) is 21.7 Å². The maximum atomic E-state index is 12.7. The van der Waals surface area contributed by atoms with Crippen molar-refractivity contribution in [2.24, 2.45) is 11.8 Å². The number of hydrogen-bond donors (Lipinski definition) is 2. The summed E-state index contributed by atoms with van der Waals surface area (Å²) >= 11 is 6.08. The second-order valence-corrected chi connectivity index (χ2v) is 8.35. The van der Waals surface area contributed by atoms with E-state index >= 15 is 0 Å². The maximum absolute atomic E-state index is 12.7. The molecule has 0 radical (unpaired) electrons. The van der Waals surface area contributed by atoms with Crippen LogP contribution in [-0.4, -0.2) is 21.4 Å². The van der Waals surface area contributed by atoms with Gasteiger partial charge in [0.15, 0.2) is 0 Å². The fraction of sp³-hybridized carbons (Fsp3) is 0.278. The van der Waals surface area contributed by atoms with Gasteiger partial charge in [-0.05, 0) is 54.8 Å². The van der Waals surface area contributed by atoms with Gasteiger partial charge in [0.25, 0.3) is 10.0 Å². The summed E-state index contributed by atoms with van der Waals surface area (Å²) in [5.74, 6) is 0.863. The van der Waals surface area contributed by atoms with Gasteiger partial charge in [-0.25, -0.2) is 8.42 Å². The lowest BCUT2D eigenvalue weighted by atomic mass is 10.3. The van der Waals surface area contributed by atoms with E-state index in [2.05, 4.69) is 10.0 Å². The lowest BCUT2D eigenvalue weighted by Crippen LogP contribution is -2.16. The molecule has 6 nitrogen and oxygen atoms in total. The fourth-order valence-electron chi connectivity index (χ4n) is 2.58. The molecule has 8 heteroatoms. The van der Waals surface area contributed by atoms with Crippen LogP contribution in [0.4, 0.5) is 11.4 Å². The topological polar surface area (TPSA) is 84.5 Å². The van der Waals surface area contributed by atoms with Crippen molar-refractivity contribution < 1.29 is 17.9 Å². The Kier molecular flexibility index (Phi) is 5.11. The van der Waals surface area contributed by atoms with Gasteiger partial charge in [0, 0.05) is 17.3 Å². The van der Waals surface area contributed by atoms with Crippen LogP contribution in [-0.2, 0) is 14.8 Å². The molecule has 0 spiro atoms. The summed E-state index contributed by atoms with van der Waals surface area (Å²) in [7, 11) is -2.38. The van der Waals surface area contributed by atoms with Gasteiger partial charge < -0.3 is 10.1 Å². The number of rotatable bonds is 6. The Morgan fingerprint density at radius 2 is 1.77 bits per heavy atom. The molecule has 1 fully saturated rings. The van der Waals surface area contributed by atoms with Crippen molar-refractivity contribution in [3.63, 3.8) is 0 Å². The number of nitrogens with one attached hydrogen (secondary N) is 2. The molecular weight excluding hydrogens is 376 g/mol. The molecule has 1 aliphatic rings. The Hall–Kier alpha value is -2.25. The van der Waals surface area contributed by atoms with Crippen molar-refractivity contribution in [3.8, 4) is 5.75 Å². The van der Waals surface area contributed by atoms with Crippen LogP contribution in [0.15, 0.2) is 47.4 Å². The zero-order valence-corrected chi connectivity index (χ0v) is 15.9. The van der Waals surface area contributed by atoms with Crippen LogP contribution in [0.25, 0.3) is 0 Å². The van der Waals surface area contributed by atoms with Gasteiger partial charge in [0.1, 0.15) is 10.6 Å². The first-order chi connectivity index (χ1) is 12.3. The number of amides is 1. The molecule has 2 aromatic carbocycles. The second kappa shape index (κ2) is 7.17. The molecule has 2 atom stereocenters. The Morgan fingerprint density at radius 3 is 2.35 bits per heavy atom. The molecule has 0 saturated heterocycles. The third kappa shape index (κ3) is 4.11. The van der Waals surface area contributed by atoms with Crippen molar-refractivity contribution >= 4 is 38.9 Å². The van der Waals surface area contributed by atoms with Crippen LogP contribution in [0.2, 0.25) is 5.02 Å². The largest absolute Gasteiger partial charge is 0.497 e. The smallest absolute Gasteiger partial charge is 0.263 e. The number of benzene rings is 2. The van der Waals surface area contributed by atoms with E-state index in [1.54, 1.807) is 30.3 Å². The van der Waals surface area contributed by atoms with E-state index < -0.39 is 10.0 Å². The predicted molar refractivity (Wildman–Crippen MR) is 101 cm³/mol. The molecule has 1 amide bonds. The second-order valence-electron chi connectivity index (χ2n) is 6.29. The van der Waals surface area contributed by atoms with Crippen LogP contribution in [0.3, 0.4) is 0 Å². The van der Waals surface area contributed by atoms with Crippen molar-refractivity contribution in [2.45, 2.75) is 18.2 Å². The average Bonchev–Trinajstić information content (AvgIpc) is 3.34. The number of sulfonamides is 1. The third-order valence-corrected chi connectivity index (χ3v) is 6.14. The van der Waals surface area contributed by atoms with Crippen molar-refractivity contribution in [1.82, 2.24) is 0 Å². The minimum atomic E-state index is -3.91. The van der Waals surface area contributed by atoms with E-state index in [0.29, 0.717) is 23.0 Å². The number of methoxy groups -OCH3 is 1. The first-order valence-corrected chi connectivity index (χ1v) is 9.93. The van der Waals surface area contributed by atoms with Gasteiger partial charge in [0.2, 0.25) is 5.91 Å². The normalized spacial score (nSPS) is 18.9. The summed E-state index contributed by atoms with van der Waals surface area (Å²) in [6, 6.07) is 10.9. The average molecular weight is 395 g/mol. The molecular formula is C18H19ClN2O4S. The Labute approximate surface area is 157 Å². The van der Waals surface area contributed by atoms with Crippen LogP contribution in [0.5, 0.6) is 5.75 Å². The Morgan fingerprint density at radius 1 is 1.15 bits per heavy atom. The number of ether oxygens (including phenoxy) is 1. The lowest BCUT2D eigenvalue weighted by Gasteiger charge is -2.12. The third-order valence-electron chi connectivity index (χ3n) is 4.28. The first kappa shape index (κ1) is 18.5. The summed E-state index contributed by atoms with van der Waals surface area (Å²) < 4.78 is 32.9. The Balaban J connectivity index is 1.81. The molecule has 0 aliphatic heterocycles. The Bertz CT molecular complexity index is 929. The monoisotopic (exact) mass is 394 g/mol. The van der Waals surface area contributed by atoms with Crippen LogP contribution in [0, 0.1) is 11.8 Å². The fourth-order valence-corrected chi connectivity index (χ4v) is 4.16. The van der Waals surface area contributed by atoms with Crippen molar-refractivity contribution in [2.75, 3.05) is 17.1 Å². The summed E-state index contributed by atoms with van der Waals surface area (Å²) in [6.45, 7) is 2.00. The first-order valence-electron chi connectivity index (χ1n) is 8.07. The van der Waals surface area contributed by atoms with Gasteiger partial charge in [-0.15, -0.1) is 0 Å². The summed E-state index contributed by atoms with van der Waals surface area (Å²) in [5.41, 5.74) is 0.775. The highest BCUT2D eigenvalue weighted by Crippen LogP contribution is 2.38. The van der Waals surface area contributed by atoms with Crippen LogP contribution < -0.4 is 14.8 Å². The summed E-state index contributed by atoms with van der Waals surface area (Å²) in [4.78, 5) is 12.0. The quantitative estimate of drug-likeness (QED) is 0.781. The van der Waals surface area contributed by atoms with Crippen LogP contribution >= 0.6 is 11.6 Å². The zero-order valence-electron chi connectivity index (χ0n) is 14.3. The minimum Gasteiger partial charge on any atom is -0.497 e. The van der Waals surface area contributed by atoms with Crippen molar-refractivity contribution in [1.29, 1.82) is 0 Å². The molecule has 1 saturated carbocycles. The lowest BCUT2D eigenvalue weighted by molar-refractivity contribution is -0.117. The standard InChI is InChI=1S/C18H19ClN2O4S/c1-11-9-15(11)18(22)20-13-5-8-16(19)17(10-13)26(23,24)21-12-3-6-14(25-2)7-4-12/h3-8,10-11,15,21H,9H2,1-2H3,(H,20,22). The molecule has 1 aliphatic carbocycles. The zero-order chi connectivity index (χ0) is 18.9. The number of carbonyl (C=O) groups excluding carboxylic acids is 1. The number of hydrogen-bond acceptors (Lipinski definition) is 4. The maximum Gasteiger partial charge on any atom is 0.263 e. The highest BCUT2D eigenvalue weighted by atomic mass is 35.5. The molecule has 2 aromatic rings. The highest BCUT2D eigenvalue weighted by Gasteiger charge is 2.39. The highest BCUT2D eigenvalue weighted by molar-refractivity contribution is 7.92. The molecule has 0 bridgehead atoms. The van der Waals surface area contributed by atoms with E-state index in [9.17, 15) is 13.2 Å². The minimum absolute atomic E-state index is 0.0110. The molecule has 0 aromatic heterocycles. The van der Waals surface area contributed by atoms with Crippen molar-refractivity contribution in [3.05, 3.63) is 47.5 Å². The van der Waals surface area contributed by atoms with E-state index in [1.165, 1.54) is 19.2 Å². The molecule has 0 heterocycles. The summed E-state index contributed by atoms with van der Waals surface area (Å²) in [6.07, 6.45) is 0.851. The molecule has 2 unspecified atom stereocenters. The molecule has 2 N–H and O–H groups in total. The van der Waals surface area contributed by atoms with Gasteiger partial charge >= 0.3 is 0 Å². The van der Waals surface area contributed by atoms with Gasteiger partial charge in [-0.1, -0.05) is 18.5 Å². The number of halogens is 1. The molecule has 3 rings (SSSR count). The van der Waals surface area contributed by atoms with E-state index in [1.807, 2.05) is 6.92 Å². The van der Waals surface area contributed by atoms with Gasteiger partial charge in [-0.3, -0.25) is 9.52 Å². The summed E-state index contributed by atoms with van der Waals surface area (Å²) in [5, 5.41) is 2.82.